The molecule has 0 atom stereocenters. The summed E-state index contributed by atoms with van der Waals surface area (Å²) < 4.78 is 1.44. The first-order chi connectivity index (χ1) is 10.1. The molecule has 0 aliphatic carbocycles. The molecule has 0 spiro atoms. The molecule has 0 aliphatic heterocycles. The van der Waals surface area contributed by atoms with Gasteiger partial charge in [-0.15, -0.1) is 5.10 Å². The van der Waals surface area contributed by atoms with Crippen LogP contribution < -0.4 is 10.6 Å². The number of carboxylic acid groups (broad SMARTS) is 1. The summed E-state index contributed by atoms with van der Waals surface area (Å²) in [7, 11) is 0. The zero-order valence-corrected chi connectivity index (χ0v) is 11.2. The lowest BCUT2D eigenvalue weighted by molar-refractivity contribution is -0.135. The molecular formula is C13H15N5O3. The Balaban J connectivity index is 2.27. The Morgan fingerprint density at radius 1 is 1.29 bits per heavy atom. The van der Waals surface area contributed by atoms with E-state index in [1.165, 1.54) is 10.9 Å². The van der Waals surface area contributed by atoms with Crippen LogP contribution in [0.1, 0.15) is 10.5 Å². The highest BCUT2D eigenvalue weighted by Gasteiger charge is 2.22. The van der Waals surface area contributed by atoms with Crippen molar-refractivity contribution in [3.8, 4) is 0 Å². The molecule has 2 aromatic rings. The van der Waals surface area contributed by atoms with Crippen LogP contribution in [0.15, 0.2) is 36.5 Å². The first-order valence-electron chi connectivity index (χ1n) is 6.30. The van der Waals surface area contributed by atoms with Crippen LogP contribution in [-0.4, -0.2) is 45.1 Å². The van der Waals surface area contributed by atoms with Gasteiger partial charge < -0.3 is 10.8 Å². The van der Waals surface area contributed by atoms with Gasteiger partial charge in [0, 0.05) is 12.2 Å². The Morgan fingerprint density at radius 2 is 2.00 bits per heavy atom. The highest BCUT2D eigenvalue weighted by Crippen LogP contribution is 2.15. The number of para-hydroxylation sites is 1. The van der Waals surface area contributed by atoms with E-state index in [4.69, 9.17) is 10.8 Å². The zero-order chi connectivity index (χ0) is 15.2. The van der Waals surface area contributed by atoms with Crippen molar-refractivity contribution in [2.45, 2.75) is 6.54 Å². The number of hydrogen-bond donors (Lipinski definition) is 2. The molecule has 1 amide bonds. The van der Waals surface area contributed by atoms with Crippen molar-refractivity contribution in [3.63, 3.8) is 0 Å². The lowest BCUT2D eigenvalue weighted by Crippen LogP contribution is -2.36. The number of amides is 1. The molecule has 0 radical (unpaired) electrons. The van der Waals surface area contributed by atoms with Gasteiger partial charge in [-0.2, -0.15) is 0 Å². The Morgan fingerprint density at radius 3 is 2.62 bits per heavy atom. The Hall–Kier alpha value is -2.74. The minimum absolute atomic E-state index is 0.0774. The van der Waals surface area contributed by atoms with E-state index in [-0.39, 0.29) is 5.69 Å². The minimum Gasteiger partial charge on any atom is -0.480 e. The van der Waals surface area contributed by atoms with Crippen LogP contribution in [0.25, 0.3) is 0 Å². The number of benzene rings is 1. The van der Waals surface area contributed by atoms with Gasteiger partial charge in [0.15, 0.2) is 5.69 Å². The van der Waals surface area contributed by atoms with Gasteiger partial charge in [0.1, 0.15) is 6.54 Å². The predicted octanol–water partition coefficient (Wildman–Crippen LogP) is -0.0318. The second-order valence-electron chi connectivity index (χ2n) is 4.28. The molecule has 0 fully saturated rings. The number of nitrogens with two attached hydrogens (primary N) is 1. The van der Waals surface area contributed by atoms with Gasteiger partial charge in [0.05, 0.1) is 12.7 Å². The Labute approximate surface area is 120 Å². The molecule has 1 aromatic heterocycles. The van der Waals surface area contributed by atoms with Gasteiger partial charge in [0.2, 0.25) is 0 Å². The number of aliphatic carboxylic acids is 1. The number of carboxylic acids is 1. The maximum Gasteiger partial charge on any atom is 0.323 e. The summed E-state index contributed by atoms with van der Waals surface area (Å²) in [5.74, 6) is -1.63. The highest BCUT2D eigenvalue weighted by atomic mass is 16.4. The number of carbonyl (C=O) groups excluding carboxylic acids is 1. The molecule has 0 bridgehead atoms. The molecule has 21 heavy (non-hydrogen) atoms. The molecule has 3 N–H and O–H groups in total. The number of aromatic nitrogens is 3. The third kappa shape index (κ3) is 3.63. The summed E-state index contributed by atoms with van der Waals surface area (Å²) in [5, 5.41) is 16.5. The average molecular weight is 289 g/mol. The summed E-state index contributed by atoms with van der Waals surface area (Å²) >= 11 is 0. The van der Waals surface area contributed by atoms with Crippen LogP contribution in [0.2, 0.25) is 0 Å². The van der Waals surface area contributed by atoms with Gasteiger partial charge in [-0.1, -0.05) is 23.4 Å². The monoisotopic (exact) mass is 289 g/mol. The number of carbonyl (C=O) groups is 2. The lowest BCUT2D eigenvalue weighted by Gasteiger charge is -2.19. The second-order valence-corrected chi connectivity index (χ2v) is 4.28. The third-order valence-corrected chi connectivity index (χ3v) is 2.72. The highest BCUT2D eigenvalue weighted by molar-refractivity contribution is 6.06. The van der Waals surface area contributed by atoms with Gasteiger partial charge in [-0.05, 0) is 12.1 Å². The molecule has 0 aliphatic rings. The first-order valence-corrected chi connectivity index (χ1v) is 6.30. The van der Waals surface area contributed by atoms with Crippen LogP contribution in [0, 0.1) is 0 Å². The molecule has 0 unspecified atom stereocenters. The number of nitrogens with zero attached hydrogens (tertiary/aromatic N) is 4. The summed E-state index contributed by atoms with van der Waals surface area (Å²) in [5.41, 5.74) is 5.96. The third-order valence-electron chi connectivity index (χ3n) is 2.72. The van der Waals surface area contributed by atoms with E-state index in [0.717, 1.165) is 4.90 Å². The SMILES string of the molecule is NCCn1cc(C(=O)N(CC(=O)O)c2ccccc2)nn1. The quantitative estimate of drug-likeness (QED) is 0.771. The molecule has 110 valence electrons. The Bertz CT molecular complexity index is 626. The topological polar surface area (TPSA) is 114 Å². The number of rotatable bonds is 6. The van der Waals surface area contributed by atoms with Crippen molar-refractivity contribution in [2.24, 2.45) is 5.73 Å². The van der Waals surface area contributed by atoms with Crippen LogP contribution >= 0.6 is 0 Å². The summed E-state index contributed by atoms with van der Waals surface area (Å²) in [4.78, 5) is 24.5. The van der Waals surface area contributed by atoms with Crippen molar-refractivity contribution >= 4 is 17.6 Å². The zero-order valence-electron chi connectivity index (χ0n) is 11.2. The van der Waals surface area contributed by atoms with Crippen molar-refractivity contribution in [2.75, 3.05) is 18.0 Å². The fourth-order valence-corrected chi connectivity index (χ4v) is 1.80. The molecule has 1 aromatic carbocycles. The summed E-state index contributed by atoms with van der Waals surface area (Å²) in [6.45, 7) is 0.353. The van der Waals surface area contributed by atoms with E-state index in [1.54, 1.807) is 30.3 Å². The first kappa shape index (κ1) is 14.7. The largest absolute Gasteiger partial charge is 0.480 e. The molecule has 8 nitrogen and oxygen atoms in total. The van der Waals surface area contributed by atoms with E-state index < -0.39 is 18.4 Å². The van der Waals surface area contributed by atoms with Crippen LogP contribution in [0.3, 0.4) is 0 Å². The smallest absolute Gasteiger partial charge is 0.323 e. The number of hydrogen-bond acceptors (Lipinski definition) is 5. The molecule has 0 saturated carbocycles. The minimum atomic E-state index is -1.11. The number of anilines is 1. The van der Waals surface area contributed by atoms with Crippen LogP contribution in [0.4, 0.5) is 5.69 Å². The molecule has 2 rings (SSSR count). The maximum absolute atomic E-state index is 12.4. The summed E-state index contributed by atoms with van der Waals surface area (Å²) in [6.07, 6.45) is 1.45. The molecular weight excluding hydrogens is 274 g/mol. The van der Waals surface area contributed by atoms with Gasteiger partial charge in [-0.25, -0.2) is 0 Å². The van der Waals surface area contributed by atoms with Crippen molar-refractivity contribution < 1.29 is 14.7 Å². The molecule has 0 saturated heterocycles. The lowest BCUT2D eigenvalue weighted by atomic mass is 10.2. The van der Waals surface area contributed by atoms with E-state index in [0.29, 0.717) is 18.8 Å². The van der Waals surface area contributed by atoms with Gasteiger partial charge in [0.25, 0.3) is 5.91 Å². The molecule has 8 heteroatoms. The maximum atomic E-state index is 12.4. The van der Waals surface area contributed by atoms with E-state index in [2.05, 4.69) is 10.3 Å². The van der Waals surface area contributed by atoms with Crippen LogP contribution in [-0.2, 0) is 11.3 Å². The normalized spacial score (nSPS) is 10.3. The van der Waals surface area contributed by atoms with Crippen molar-refractivity contribution in [1.82, 2.24) is 15.0 Å². The molecule has 1 heterocycles. The predicted molar refractivity (Wildman–Crippen MR) is 74.8 cm³/mol. The standard InChI is InChI=1S/C13H15N5O3/c14-6-7-17-8-11(15-16-17)13(21)18(9-12(19)20)10-4-2-1-3-5-10/h1-5,8H,6-7,9,14H2,(H,19,20). The van der Waals surface area contributed by atoms with Gasteiger partial charge >= 0.3 is 5.97 Å². The average Bonchev–Trinajstić information content (AvgIpc) is 2.94. The van der Waals surface area contributed by atoms with Gasteiger partial charge in [-0.3, -0.25) is 19.2 Å². The second kappa shape index (κ2) is 6.62. The fourth-order valence-electron chi connectivity index (χ4n) is 1.80. The van der Waals surface area contributed by atoms with E-state index >= 15 is 0 Å². The van der Waals surface area contributed by atoms with Crippen LogP contribution in [0.5, 0.6) is 0 Å². The van der Waals surface area contributed by atoms with Crippen molar-refractivity contribution in [1.29, 1.82) is 0 Å². The van der Waals surface area contributed by atoms with E-state index in [9.17, 15) is 9.59 Å². The van der Waals surface area contributed by atoms with E-state index in [1.807, 2.05) is 0 Å². The van der Waals surface area contributed by atoms with Crippen molar-refractivity contribution in [3.05, 3.63) is 42.2 Å². The fraction of sp³-hybridized carbons (Fsp3) is 0.231. The Kier molecular flexibility index (Phi) is 4.62. The summed E-state index contributed by atoms with van der Waals surface area (Å²) in [6, 6.07) is 8.55.